The number of hydrogen-bond donors (Lipinski definition) is 2. The van der Waals surface area contributed by atoms with Gasteiger partial charge in [0.05, 0.1) is 18.7 Å². The van der Waals surface area contributed by atoms with Crippen LogP contribution in [-0.2, 0) is 11.2 Å². The van der Waals surface area contributed by atoms with Crippen LogP contribution in [-0.4, -0.2) is 41.1 Å². The predicted octanol–water partition coefficient (Wildman–Crippen LogP) is -0.282. The smallest absolute Gasteiger partial charge is 0.228 e. The van der Waals surface area contributed by atoms with E-state index in [0.717, 1.165) is 0 Å². The Labute approximate surface area is 86.2 Å². The van der Waals surface area contributed by atoms with Crippen molar-refractivity contribution in [1.29, 1.82) is 0 Å². The van der Waals surface area contributed by atoms with Gasteiger partial charge in [-0.1, -0.05) is 0 Å². The van der Waals surface area contributed by atoms with Crippen LogP contribution >= 0.6 is 11.3 Å². The van der Waals surface area contributed by atoms with Gasteiger partial charge in [-0.05, 0) is 0 Å². The molecule has 0 aliphatic heterocycles. The minimum Gasteiger partial charge on any atom is -0.395 e. The lowest BCUT2D eigenvalue weighted by Crippen LogP contribution is -2.30. The van der Waals surface area contributed by atoms with Crippen molar-refractivity contribution in [3.63, 3.8) is 0 Å². The summed E-state index contributed by atoms with van der Waals surface area (Å²) in [5.41, 5.74) is 6.11. The number of aliphatic hydroxyl groups excluding tert-OH is 1. The maximum absolute atomic E-state index is 11.5. The van der Waals surface area contributed by atoms with E-state index in [1.807, 2.05) is 0 Å². The zero-order chi connectivity index (χ0) is 10.6. The fraction of sp³-hybridized carbons (Fsp3) is 0.500. The van der Waals surface area contributed by atoms with Gasteiger partial charge in [0.15, 0.2) is 5.13 Å². The molecule has 0 bridgehead atoms. The van der Waals surface area contributed by atoms with Gasteiger partial charge < -0.3 is 15.7 Å². The molecule has 0 aromatic carbocycles. The highest BCUT2D eigenvalue weighted by molar-refractivity contribution is 7.13. The van der Waals surface area contributed by atoms with Gasteiger partial charge in [-0.15, -0.1) is 11.3 Å². The van der Waals surface area contributed by atoms with Gasteiger partial charge in [-0.25, -0.2) is 4.98 Å². The third-order valence-electron chi connectivity index (χ3n) is 1.76. The number of likely N-dealkylation sites (N-methyl/N-ethyl adjacent to an activating group) is 1. The zero-order valence-corrected chi connectivity index (χ0v) is 8.75. The Morgan fingerprint density at radius 1 is 1.79 bits per heavy atom. The molecule has 78 valence electrons. The molecule has 0 saturated carbocycles. The molecule has 14 heavy (non-hydrogen) atoms. The summed E-state index contributed by atoms with van der Waals surface area (Å²) in [4.78, 5) is 16.9. The molecular formula is C8H13N3O2S. The molecule has 0 unspecified atom stereocenters. The average molecular weight is 215 g/mol. The lowest BCUT2D eigenvalue weighted by atomic mass is 10.3. The molecule has 0 radical (unpaired) electrons. The van der Waals surface area contributed by atoms with Crippen LogP contribution in [0.5, 0.6) is 0 Å². The van der Waals surface area contributed by atoms with E-state index < -0.39 is 0 Å². The molecule has 1 aromatic heterocycles. The van der Waals surface area contributed by atoms with Gasteiger partial charge in [-0.3, -0.25) is 4.79 Å². The number of amides is 1. The monoisotopic (exact) mass is 215 g/mol. The van der Waals surface area contributed by atoms with Crippen LogP contribution in [0.3, 0.4) is 0 Å². The number of aromatic nitrogens is 1. The lowest BCUT2D eigenvalue weighted by Gasteiger charge is -2.14. The average Bonchev–Trinajstić information content (AvgIpc) is 2.51. The number of nitrogens with two attached hydrogens (primary N) is 1. The quantitative estimate of drug-likeness (QED) is 0.724. The molecule has 0 fully saturated rings. The summed E-state index contributed by atoms with van der Waals surface area (Å²) < 4.78 is 0. The molecule has 0 aliphatic carbocycles. The van der Waals surface area contributed by atoms with Gasteiger partial charge in [0, 0.05) is 19.0 Å². The van der Waals surface area contributed by atoms with E-state index in [1.165, 1.54) is 16.2 Å². The van der Waals surface area contributed by atoms with Gasteiger partial charge in [-0.2, -0.15) is 0 Å². The minimum absolute atomic E-state index is 0.0263. The van der Waals surface area contributed by atoms with Crippen LogP contribution in [0.2, 0.25) is 0 Å². The van der Waals surface area contributed by atoms with Crippen molar-refractivity contribution in [2.24, 2.45) is 0 Å². The first-order valence-corrected chi connectivity index (χ1v) is 5.06. The van der Waals surface area contributed by atoms with Gasteiger partial charge in [0.1, 0.15) is 0 Å². The molecule has 5 nitrogen and oxygen atoms in total. The highest BCUT2D eigenvalue weighted by atomic mass is 32.1. The summed E-state index contributed by atoms with van der Waals surface area (Å²) in [6, 6.07) is 0. The molecule has 0 spiro atoms. The summed E-state index contributed by atoms with van der Waals surface area (Å²) in [6.45, 7) is 0.319. The third-order valence-corrected chi connectivity index (χ3v) is 2.49. The summed E-state index contributed by atoms with van der Waals surface area (Å²) in [6.07, 6.45) is 0.240. The number of anilines is 1. The number of carbonyl (C=O) groups is 1. The van der Waals surface area contributed by atoms with E-state index in [1.54, 1.807) is 12.4 Å². The molecular weight excluding hydrogens is 202 g/mol. The number of aliphatic hydroxyl groups is 1. The second-order valence-electron chi connectivity index (χ2n) is 2.89. The number of thiazole rings is 1. The van der Waals surface area contributed by atoms with Crippen molar-refractivity contribution in [2.75, 3.05) is 25.9 Å². The molecule has 1 heterocycles. The van der Waals surface area contributed by atoms with E-state index in [0.29, 0.717) is 17.4 Å². The predicted molar refractivity (Wildman–Crippen MR) is 55.0 cm³/mol. The summed E-state index contributed by atoms with van der Waals surface area (Å²) in [5.74, 6) is -0.0654. The summed E-state index contributed by atoms with van der Waals surface area (Å²) >= 11 is 1.32. The summed E-state index contributed by atoms with van der Waals surface area (Å²) in [5, 5.41) is 10.9. The zero-order valence-electron chi connectivity index (χ0n) is 7.93. The van der Waals surface area contributed by atoms with Crippen LogP contribution in [0.4, 0.5) is 5.13 Å². The Kier molecular flexibility index (Phi) is 3.84. The van der Waals surface area contributed by atoms with Crippen molar-refractivity contribution in [2.45, 2.75) is 6.42 Å². The van der Waals surface area contributed by atoms with Crippen LogP contribution in [0.1, 0.15) is 5.69 Å². The Morgan fingerprint density at radius 2 is 2.50 bits per heavy atom. The SMILES string of the molecule is CN(CCO)C(=O)Cc1csc(N)n1. The molecule has 0 aliphatic rings. The largest absolute Gasteiger partial charge is 0.395 e. The van der Waals surface area contributed by atoms with Crippen molar-refractivity contribution >= 4 is 22.4 Å². The normalized spacial score (nSPS) is 10.1. The molecule has 3 N–H and O–H groups in total. The Bertz CT molecular complexity index is 313. The number of carbonyl (C=O) groups excluding carboxylic acids is 1. The van der Waals surface area contributed by atoms with E-state index in [2.05, 4.69) is 4.98 Å². The second kappa shape index (κ2) is 4.92. The maximum Gasteiger partial charge on any atom is 0.228 e. The number of nitrogen functional groups attached to an aromatic ring is 1. The maximum atomic E-state index is 11.5. The number of hydrogen-bond acceptors (Lipinski definition) is 5. The fourth-order valence-electron chi connectivity index (χ4n) is 0.968. The van der Waals surface area contributed by atoms with Crippen molar-refractivity contribution in [1.82, 2.24) is 9.88 Å². The first kappa shape index (κ1) is 10.9. The minimum atomic E-state index is -0.0654. The first-order valence-electron chi connectivity index (χ1n) is 4.18. The molecule has 1 aromatic rings. The van der Waals surface area contributed by atoms with Crippen molar-refractivity contribution < 1.29 is 9.90 Å². The molecule has 0 atom stereocenters. The third kappa shape index (κ3) is 2.97. The first-order chi connectivity index (χ1) is 6.63. The van der Waals surface area contributed by atoms with E-state index in [9.17, 15) is 4.79 Å². The van der Waals surface area contributed by atoms with Gasteiger partial charge >= 0.3 is 0 Å². The molecule has 0 saturated heterocycles. The highest BCUT2D eigenvalue weighted by Gasteiger charge is 2.10. The molecule has 1 rings (SSSR count). The number of rotatable bonds is 4. The Balaban J connectivity index is 2.48. The fourth-order valence-corrected chi connectivity index (χ4v) is 1.53. The van der Waals surface area contributed by atoms with Crippen LogP contribution in [0.15, 0.2) is 5.38 Å². The van der Waals surface area contributed by atoms with Crippen LogP contribution in [0.25, 0.3) is 0 Å². The molecule has 1 amide bonds. The molecule has 6 heteroatoms. The summed E-state index contributed by atoms with van der Waals surface area (Å²) in [7, 11) is 1.65. The lowest BCUT2D eigenvalue weighted by molar-refractivity contribution is -0.129. The van der Waals surface area contributed by atoms with Crippen molar-refractivity contribution in [3.05, 3.63) is 11.1 Å². The topological polar surface area (TPSA) is 79.5 Å². The van der Waals surface area contributed by atoms with E-state index in [4.69, 9.17) is 10.8 Å². The Morgan fingerprint density at radius 3 is 3.00 bits per heavy atom. The van der Waals surface area contributed by atoms with E-state index >= 15 is 0 Å². The Hall–Kier alpha value is -1.14. The standard InChI is InChI=1S/C8H13N3O2S/c1-11(2-3-12)7(13)4-6-5-14-8(9)10-6/h5,12H,2-4H2,1H3,(H2,9,10). The van der Waals surface area contributed by atoms with Crippen molar-refractivity contribution in [3.8, 4) is 0 Å². The second-order valence-corrected chi connectivity index (χ2v) is 3.78. The number of nitrogens with zero attached hydrogens (tertiary/aromatic N) is 2. The van der Waals surface area contributed by atoms with Crippen LogP contribution in [0, 0.1) is 0 Å². The van der Waals surface area contributed by atoms with Gasteiger partial charge in [0.25, 0.3) is 0 Å². The van der Waals surface area contributed by atoms with E-state index in [-0.39, 0.29) is 18.9 Å². The van der Waals surface area contributed by atoms with Gasteiger partial charge in [0.2, 0.25) is 5.91 Å². The van der Waals surface area contributed by atoms with Crippen LogP contribution < -0.4 is 5.73 Å². The highest BCUT2D eigenvalue weighted by Crippen LogP contribution is 2.11.